The summed E-state index contributed by atoms with van der Waals surface area (Å²) in [7, 11) is -3.04. The molecule has 8 heteroatoms. The maximum atomic E-state index is 11.5. The lowest BCUT2D eigenvalue weighted by Gasteiger charge is -2.34. The smallest absolute Gasteiger partial charge is 0.341 e. The quantitative estimate of drug-likeness (QED) is 0.794. The number of rotatable bonds is 2. The van der Waals surface area contributed by atoms with Gasteiger partial charge in [0.25, 0.3) is 0 Å². The normalized spacial score (nSPS) is 22.7. The zero-order valence-electron chi connectivity index (χ0n) is 9.78. The fraction of sp³-hybridized carbons (Fsp3) is 0.500. The first-order valence-electron chi connectivity index (χ1n) is 5.41. The van der Waals surface area contributed by atoms with Gasteiger partial charge in [0.2, 0.25) is 0 Å². The van der Waals surface area contributed by atoms with Gasteiger partial charge in [0.1, 0.15) is 17.7 Å². The molecule has 1 aliphatic heterocycles. The number of aromatic nitrogens is 2. The third-order valence-corrected chi connectivity index (χ3v) is 4.66. The summed E-state index contributed by atoms with van der Waals surface area (Å²) >= 11 is 0. The van der Waals surface area contributed by atoms with Gasteiger partial charge in [-0.3, -0.25) is 0 Å². The molecule has 1 saturated heterocycles. The number of carbonyl (C=O) groups is 1. The predicted molar refractivity (Wildman–Crippen MR) is 64.5 cm³/mol. The Bertz CT molecular complexity index is 572. The first-order valence-corrected chi connectivity index (χ1v) is 7.23. The summed E-state index contributed by atoms with van der Waals surface area (Å²) in [5.41, 5.74) is -0.0105. The molecular formula is C10H13N3O4S. The van der Waals surface area contributed by atoms with E-state index in [2.05, 4.69) is 9.97 Å². The molecule has 1 aromatic heterocycles. The van der Waals surface area contributed by atoms with Gasteiger partial charge in [0.15, 0.2) is 9.84 Å². The standard InChI is InChI=1S/C10H13N3O4S/c1-7-5-18(16,17)3-2-13(7)9-8(10(14)15)4-11-6-12-9/h4,6-7H,2-3,5H2,1H3,(H,14,15). The zero-order chi connectivity index (χ0) is 13.3. The molecule has 7 nitrogen and oxygen atoms in total. The second kappa shape index (κ2) is 4.52. The summed E-state index contributed by atoms with van der Waals surface area (Å²) in [5, 5.41) is 9.06. The van der Waals surface area contributed by atoms with Crippen LogP contribution in [0.3, 0.4) is 0 Å². The number of nitrogens with zero attached hydrogens (tertiary/aromatic N) is 3. The van der Waals surface area contributed by atoms with Crippen molar-refractivity contribution in [3.63, 3.8) is 0 Å². The number of sulfone groups is 1. The van der Waals surface area contributed by atoms with Gasteiger partial charge in [-0.15, -0.1) is 0 Å². The fourth-order valence-electron chi connectivity index (χ4n) is 2.02. The fourth-order valence-corrected chi connectivity index (χ4v) is 3.57. The Kier molecular flexibility index (Phi) is 3.20. The topological polar surface area (TPSA) is 100 Å². The molecule has 0 saturated carbocycles. The third-order valence-electron chi connectivity index (χ3n) is 2.86. The van der Waals surface area contributed by atoms with E-state index in [1.54, 1.807) is 11.8 Å². The molecule has 0 aliphatic carbocycles. The van der Waals surface area contributed by atoms with Gasteiger partial charge in [-0.2, -0.15) is 0 Å². The lowest BCUT2D eigenvalue weighted by atomic mass is 10.2. The number of hydrogen-bond acceptors (Lipinski definition) is 6. The summed E-state index contributed by atoms with van der Waals surface area (Å²) in [6, 6.07) is -0.295. The van der Waals surface area contributed by atoms with Crippen LogP contribution in [0.2, 0.25) is 0 Å². The lowest BCUT2D eigenvalue weighted by Crippen LogP contribution is -2.47. The third kappa shape index (κ3) is 2.42. The van der Waals surface area contributed by atoms with Gasteiger partial charge in [-0.1, -0.05) is 0 Å². The summed E-state index contributed by atoms with van der Waals surface area (Å²) in [5.74, 6) is -0.817. The highest BCUT2D eigenvalue weighted by Gasteiger charge is 2.31. The average Bonchev–Trinajstić information content (AvgIpc) is 2.28. The van der Waals surface area contributed by atoms with Crippen molar-refractivity contribution in [3.05, 3.63) is 18.1 Å². The monoisotopic (exact) mass is 271 g/mol. The van der Waals surface area contributed by atoms with Gasteiger partial charge in [-0.25, -0.2) is 23.2 Å². The maximum absolute atomic E-state index is 11.5. The molecule has 1 atom stereocenters. The summed E-state index contributed by atoms with van der Waals surface area (Å²) < 4.78 is 23.0. The Hall–Kier alpha value is -1.70. The highest BCUT2D eigenvalue weighted by Crippen LogP contribution is 2.22. The van der Waals surface area contributed by atoms with E-state index in [0.29, 0.717) is 0 Å². The number of anilines is 1. The first kappa shape index (κ1) is 12.7. The molecule has 18 heavy (non-hydrogen) atoms. The minimum absolute atomic E-state index is 0.00998. The van der Waals surface area contributed by atoms with Crippen LogP contribution >= 0.6 is 0 Å². The molecule has 0 spiro atoms. The van der Waals surface area contributed by atoms with Crippen LogP contribution in [0, 0.1) is 0 Å². The molecule has 1 aliphatic rings. The van der Waals surface area contributed by atoms with Gasteiger partial charge in [-0.05, 0) is 6.92 Å². The van der Waals surface area contributed by atoms with E-state index in [1.165, 1.54) is 12.5 Å². The minimum Gasteiger partial charge on any atom is -0.477 e. The molecule has 2 rings (SSSR count). The Morgan fingerprint density at radius 3 is 2.89 bits per heavy atom. The molecule has 0 radical (unpaired) electrons. The molecule has 1 unspecified atom stereocenters. The molecule has 1 fully saturated rings. The second-order valence-corrected chi connectivity index (χ2v) is 6.45. The molecule has 1 N–H and O–H groups in total. The molecule has 1 aromatic rings. The molecule has 98 valence electrons. The highest BCUT2D eigenvalue weighted by atomic mass is 32.2. The van der Waals surface area contributed by atoms with Crippen molar-refractivity contribution in [2.45, 2.75) is 13.0 Å². The largest absolute Gasteiger partial charge is 0.477 e. The van der Waals surface area contributed by atoms with Crippen molar-refractivity contribution < 1.29 is 18.3 Å². The molecule has 0 aromatic carbocycles. The molecule has 2 heterocycles. The van der Waals surface area contributed by atoms with E-state index in [9.17, 15) is 13.2 Å². The van der Waals surface area contributed by atoms with Crippen LogP contribution < -0.4 is 4.90 Å². The van der Waals surface area contributed by atoms with Crippen LogP contribution in [0.25, 0.3) is 0 Å². The number of carboxylic acids is 1. The van der Waals surface area contributed by atoms with E-state index in [0.717, 1.165) is 0 Å². The van der Waals surface area contributed by atoms with E-state index >= 15 is 0 Å². The van der Waals surface area contributed by atoms with Crippen LogP contribution in [0.1, 0.15) is 17.3 Å². The highest BCUT2D eigenvalue weighted by molar-refractivity contribution is 7.91. The molecule has 0 amide bonds. The molecular weight excluding hydrogens is 258 g/mol. The van der Waals surface area contributed by atoms with Crippen molar-refractivity contribution in [2.75, 3.05) is 23.0 Å². The Labute approximate surface area is 104 Å². The first-order chi connectivity index (χ1) is 8.41. The summed E-state index contributed by atoms with van der Waals surface area (Å²) in [6.45, 7) is 1.99. The minimum atomic E-state index is -3.04. The van der Waals surface area contributed by atoms with Gasteiger partial charge in [0.05, 0.1) is 11.5 Å². The van der Waals surface area contributed by atoms with E-state index in [-0.39, 0.29) is 35.5 Å². The zero-order valence-corrected chi connectivity index (χ0v) is 10.6. The van der Waals surface area contributed by atoms with Crippen LogP contribution in [0.15, 0.2) is 12.5 Å². The van der Waals surface area contributed by atoms with Crippen LogP contribution in [-0.4, -0.2) is 53.6 Å². The van der Waals surface area contributed by atoms with Gasteiger partial charge < -0.3 is 10.0 Å². The van der Waals surface area contributed by atoms with Crippen molar-refractivity contribution in [3.8, 4) is 0 Å². The molecule has 0 bridgehead atoms. The van der Waals surface area contributed by atoms with Crippen molar-refractivity contribution >= 4 is 21.6 Å². The Morgan fingerprint density at radius 1 is 1.56 bits per heavy atom. The van der Waals surface area contributed by atoms with Gasteiger partial charge in [0, 0.05) is 18.8 Å². The van der Waals surface area contributed by atoms with Gasteiger partial charge >= 0.3 is 5.97 Å². The van der Waals surface area contributed by atoms with Crippen molar-refractivity contribution in [1.82, 2.24) is 9.97 Å². The second-order valence-electron chi connectivity index (χ2n) is 4.22. The van der Waals surface area contributed by atoms with E-state index in [4.69, 9.17) is 5.11 Å². The Balaban J connectivity index is 2.36. The lowest BCUT2D eigenvalue weighted by molar-refractivity contribution is 0.0696. The van der Waals surface area contributed by atoms with Crippen LogP contribution in [0.5, 0.6) is 0 Å². The number of aromatic carboxylic acids is 1. The summed E-state index contributed by atoms with van der Waals surface area (Å²) in [6.07, 6.45) is 2.48. The van der Waals surface area contributed by atoms with Crippen molar-refractivity contribution in [2.24, 2.45) is 0 Å². The maximum Gasteiger partial charge on any atom is 0.341 e. The van der Waals surface area contributed by atoms with Crippen LogP contribution in [-0.2, 0) is 9.84 Å². The van der Waals surface area contributed by atoms with Crippen LogP contribution in [0.4, 0.5) is 5.82 Å². The number of hydrogen-bond donors (Lipinski definition) is 1. The predicted octanol–water partition coefficient (Wildman–Crippen LogP) is -0.202. The Morgan fingerprint density at radius 2 is 2.28 bits per heavy atom. The van der Waals surface area contributed by atoms with E-state index < -0.39 is 15.8 Å². The van der Waals surface area contributed by atoms with E-state index in [1.807, 2.05) is 0 Å². The SMILES string of the molecule is CC1CS(=O)(=O)CCN1c1ncncc1C(=O)O. The van der Waals surface area contributed by atoms with Crippen molar-refractivity contribution in [1.29, 1.82) is 0 Å². The summed E-state index contributed by atoms with van der Waals surface area (Å²) in [4.78, 5) is 20.4. The average molecular weight is 271 g/mol. The number of carboxylic acid groups (broad SMARTS) is 1.